The number of aryl methyl sites for hydroxylation is 2. The van der Waals surface area contributed by atoms with Gasteiger partial charge in [-0.1, -0.05) is 24.8 Å². The van der Waals surface area contributed by atoms with E-state index in [1.807, 2.05) is 23.1 Å². The van der Waals surface area contributed by atoms with Gasteiger partial charge < -0.3 is 9.30 Å². The molecule has 164 valence electrons. The summed E-state index contributed by atoms with van der Waals surface area (Å²) in [6.07, 6.45) is 2.08. The van der Waals surface area contributed by atoms with Crippen LogP contribution in [-0.2, 0) is 11.3 Å². The lowest BCUT2D eigenvalue weighted by molar-refractivity contribution is -0.133. The molecule has 2 aliphatic rings. The monoisotopic (exact) mass is 429 g/mol. The molecular formula is C25H27N5O2. The second-order valence-electron chi connectivity index (χ2n) is 8.62. The molecule has 0 bridgehead atoms. The summed E-state index contributed by atoms with van der Waals surface area (Å²) in [4.78, 5) is 36.0. The zero-order valence-electron chi connectivity index (χ0n) is 18.5. The minimum absolute atomic E-state index is 0.0339. The number of piperazine rings is 1. The Balaban J connectivity index is 1.20. The number of hydrogen-bond acceptors (Lipinski definition) is 4. The Bertz CT molecular complexity index is 1200. The van der Waals surface area contributed by atoms with Crippen molar-refractivity contribution in [3.05, 3.63) is 77.3 Å². The second-order valence-corrected chi connectivity index (χ2v) is 8.62. The smallest absolute Gasteiger partial charge is 0.259 e. The highest BCUT2D eigenvalue weighted by atomic mass is 16.2. The van der Waals surface area contributed by atoms with E-state index in [1.165, 1.54) is 16.2 Å². The van der Waals surface area contributed by atoms with Crippen LogP contribution in [0.2, 0.25) is 0 Å². The van der Waals surface area contributed by atoms with Gasteiger partial charge in [-0.2, -0.15) is 0 Å². The van der Waals surface area contributed by atoms with E-state index in [9.17, 15) is 9.59 Å². The molecule has 0 saturated carbocycles. The molecule has 0 unspecified atom stereocenters. The van der Waals surface area contributed by atoms with Gasteiger partial charge in [-0.3, -0.25) is 19.4 Å². The average Bonchev–Trinajstić information content (AvgIpc) is 3.22. The highest BCUT2D eigenvalue weighted by molar-refractivity contribution is 6.10. The molecule has 7 nitrogen and oxygen atoms in total. The summed E-state index contributed by atoms with van der Waals surface area (Å²) in [6, 6.07) is 11.6. The van der Waals surface area contributed by atoms with E-state index >= 15 is 0 Å². The molecule has 3 aromatic rings. The Morgan fingerprint density at radius 2 is 1.78 bits per heavy atom. The Morgan fingerprint density at radius 3 is 2.50 bits per heavy atom. The van der Waals surface area contributed by atoms with E-state index in [0.717, 1.165) is 36.5 Å². The van der Waals surface area contributed by atoms with Gasteiger partial charge in [-0.25, -0.2) is 4.98 Å². The first-order valence-corrected chi connectivity index (χ1v) is 11.0. The van der Waals surface area contributed by atoms with E-state index in [-0.39, 0.29) is 18.4 Å². The van der Waals surface area contributed by atoms with Gasteiger partial charge in [0.2, 0.25) is 5.91 Å². The number of carbonyl (C=O) groups is 2. The lowest BCUT2D eigenvalue weighted by Crippen LogP contribution is -2.50. The summed E-state index contributed by atoms with van der Waals surface area (Å²) in [7, 11) is 0. The molecule has 0 atom stereocenters. The largest absolute Gasteiger partial charge is 0.339 e. The third kappa shape index (κ3) is 3.48. The maximum Gasteiger partial charge on any atom is 0.259 e. The fraction of sp³-hybridized carbons (Fsp3) is 0.320. The van der Waals surface area contributed by atoms with Gasteiger partial charge in [0.15, 0.2) is 0 Å². The van der Waals surface area contributed by atoms with Gasteiger partial charge in [0.05, 0.1) is 11.4 Å². The predicted molar refractivity (Wildman–Crippen MR) is 123 cm³/mol. The molecule has 1 fully saturated rings. The van der Waals surface area contributed by atoms with Gasteiger partial charge in [-0.05, 0) is 37.6 Å². The van der Waals surface area contributed by atoms with Crippen molar-refractivity contribution in [3.8, 4) is 0 Å². The van der Waals surface area contributed by atoms with Gasteiger partial charge in [0.25, 0.3) is 5.91 Å². The summed E-state index contributed by atoms with van der Waals surface area (Å²) < 4.78 is 2.15. The summed E-state index contributed by atoms with van der Waals surface area (Å²) >= 11 is 0. The predicted octanol–water partition coefficient (Wildman–Crippen LogP) is 2.72. The number of pyridine rings is 1. The standard InChI is InChI=1S/C25H27N5O2/c1-17-8-9-29-22(18(2)26-23(29)14-17)15-27-10-12-28(13-11-27)24(31)16-30-19(3)20-6-4-5-7-21(20)25(30)32/h4-9,14H,3,10-13,15-16H2,1-2H3. The summed E-state index contributed by atoms with van der Waals surface area (Å²) in [5, 5.41) is 0. The Morgan fingerprint density at radius 1 is 1.06 bits per heavy atom. The Labute approximate surface area is 187 Å². The van der Waals surface area contributed by atoms with Gasteiger partial charge >= 0.3 is 0 Å². The Kier molecular flexibility index (Phi) is 5.06. The van der Waals surface area contributed by atoms with Crippen LogP contribution in [0.5, 0.6) is 0 Å². The summed E-state index contributed by atoms with van der Waals surface area (Å²) in [5.74, 6) is -0.177. The molecule has 2 aromatic heterocycles. The third-order valence-corrected chi connectivity index (χ3v) is 6.51. The first-order valence-electron chi connectivity index (χ1n) is 11.0. The van der Waals surface area contributed by atoms with Crippen LogP contribution >= 0.6 is 0 Å². The van der Waals surface area contributed by atoms with E-state index in [2.05, 4.69) is 48.1 Å². The minimum atomic E-state index is -0.143. The molecule has 2 aliphatic heterocycles. The Hall–Kier alpha value is -3.45. The number of aromatic nitrogens is 2. The van der Waals surface area contributed by atoms with E-state index < -0.39 is 0 Å². The van der Waals surface area contributed by atoms with Crippen molar-refractivity contribution in [2.24, 2.45) is 0 Å². The molecule has 4 heterocycles. The van der Waals surface area contributed by atoms with Gasteiger partial charge in [0, 0.05) is 55.7 Å². The van der Waals surface area contributed by atoms with Crippen molar-refractivity contribution in [2.45, 2.75) is 20.4 Å². The first-order chi connectivity index (χ1) is 15.4. The zero-order valence-corrected chi connectivity index (χ0v) is 18.5. The lowest BCUT2D eigenvalue weighted by atomic mass is 10.1. The van der Waals surface area contributed by atoms with E-state index in [4.69, 9.17) is 4.98 Å². The SMILES string of the molecule is C=C1c2ccccc2C(=O)N1CC(=O)N1CCN(Cc2c(C)nc3cc(C)ccn23)CC1. The number of rotatable bonds is 4. The number of amides is 2. The summed E-state index contributed by atoms with van der Waals surface area (Å²) in [5.41, 5.74) is 6.45. The molecule has 32 heavy (non-hydrogen) atoms. The topological polar surface area (TPSA) is 61.2 Å². The van der Waals surface area contributed by atoms with Crippen LogP contribution in [0.3, 0.4) is 0 Å². The highest BCUT2D eigenvalue weighted by Gasteiger charge is 2.33. The van der Waals surface area contributed by atoms with Gasteiger partial charge in [-0.15, -0.1) is 0 Å². The van der Waals surface area contributed by atoms with Crippen LogP contribution in [0.1, 0.15) is 32.9 Å². The van der Waals surface area contributed by atoms with Crippen molar-refractivity contribution < 1.29 is 9.59 Å². The molecule has 7 heteroatoms. The maximum absolute atomic E-state index is 12.9. The molecule has 0 N–H and O–H groups in total. The number of carbonyl (C=O) groups excluding carboxylic acids is 2. The summed E-state index contributed by atoms with van der Waals surface area (Å²) in [6.45, 7) is 11.9. The molecule has 1 aromatic carbocycles. The number of fused-ring (bicyclic) bond motifs is 2. The number of nitrogens with zero attached hydrogens (tertiary/aromatic N) is 5. The molecule has 0 radical (unpaired) electrons. The number of imidazole rings is 1. The van der Waals surface area contributed by atoms with Crippen LogP contribution in [-0.4, -0.2) is 68.6 Å². The average molecular weight is 430 g/mol. The highest BCUT2D eigenvalue weighted by Crippen LogP contribution is 2.31. The van der Waals surface area contributed by atoms with Gasteiger partial charge in [0.1, 0.15) is 12.2 Å². The van der Waals surface area contributed by atoms with Crippen molar-refractivity contribution in [2.75, 3.05) is 32.7 Å². The second kappa shape index (κ2) is 7.91. The molecule has 2 amide bonds. The van der Waals surface area contributed by atoms with Crippen molar-refractivity contribution in [1.82, 2.24) is 24.1 Å². The van der Waals surface area contributed by atoms with Crippen molar-refractivity contribution in [3.63, 3.8) is 0 Å². The van der Waals surface area contributed by atoms with Crippen molar-refractivity contribution in [1.29, 1.82) is 0 Å². The molecule has 0 aliphatic carbocycles. The molecule has 5 rings (SSSR count). The molecular weight excluding hydrogens is 402 g/mol. The van der Waals surface area contributed by atoms with Crippen LogP contribution in [0.15, 0.2) is 49.2 Å². The first kappa shape index (κ1) is 20.5. The number of benzene rings is 1. The number of hydrogen-bond donors (Lipinski definition) is 0. The normalized spacial score (nSPS) is 16.8. The lowest BCUT2D eigenvalue weighted by Gasteiger charge is -2.35. The van der Waals surface area contributed by atoms with E-state index in [1.54, 1.807) is 6.07 Å². The molecule has 1 saturated heterocycles. The quantitative estimate of drug-likeness (QED) is 0.640. The minimum Gasteiger partial charge on any atom is -0.339 e. The third-order valence-electron chi connectivity index (χ3n) is 6.51. The fourth-order valence-corrected chi connectivity index (χ4v) is 4.61. The zero-order chi connectivity index (χ0) is 22.4. The maximum atomic E-state index is 12.9. The van der Waals surface area contributed by atoms with Crippen LogP contribution in [0, 0.1) is 13.8 Å². The van der Waals surface area contributed by atoms with Crippen LogP contribution < -0.4 is 0 Å². The van der Waals surface area contributed by atoms with Crippen LogP contribution in [0.4, 0.5) is 0 Å². The molecule has 0 spiro atoms. The van der Waals surface area contributed by atoms with E-state index in [0.29, 0.717) is 24.4 Å². The van der Waals surface area contributed by atoms with Crippen molar-refractivity contribution >= 4 is 23.2 Å². The fourth-order valence-electron chi connectivity index (χ4n) is 4.61. The van der Waals surface area contributed by atoms with Crippen LogP contribution in [0.25, 0.3) is 11.3 Å².